The van der Waals surface area contributed by atoms with Crippen LogP contribution >= 0.6 is 0 Å². The number of carbonyl (C=O) groups is 3. The first kappa shape index (κ1) is 57.5. The molecule has 0 aliphatic heterocycles. The summed E-state index contributed by atoms with van der Waals surface area (Å²) in [5.41, 5.74) is 0. The molecule has 0 bridgehead atoms. The zero-order valence-electron chi connectivity index (χ0n) is 39.3. The molecule has 0 aliphatic rings. The summed E-state index contributed by atoms with van der Waals surface area (Å²) in [6, 6.07) is 0. The fourth-order valence-electron chi connectivity index (χ4n) is 5.99. The van der Waals surface area contributed by atoms with Gasteiger partial charge in [-0.25, -0.2) is 0 Å². The summed E-state index contributed by atoms with van der Waals surface area (Å²) in [5, 5.41) is 0. The molecule has 0 heterocycles. The van der Waals surface area contributed by atoms with E-state index in [1.807, 2.05) is 72.9 Å². The quantitative estimate of drug-likeness (QED) is 0.0200. The molecule has 0 fully saturated rings. The largest absolute Gasteiger partial charge is 0.462 e. The smallest absolute Gasteiger partial charge is 0.306 e. The topological polar surface area (TPSA) is 78.9 Å². The van der Waals surface area contributed by atoms with Crippen molar-refractivity contribution < 1.29 is 28.6 Å². The highest BCUT2D eigenvalue weighted by atomic mass is 16.6. The summed E-state index contributed by atoms with van der Waals surface area (Å²) in [6.07, 6.45) is 68.7. The Kier molecular flexibility index (Phi) is 45.7. The summed E-state index contributed by atoms with van der Waals surface area (Å²) in [5.74, 6) is -1.07. The maximum atomic E-state index is 12.7. The van der Waals surface area contributed by atoms with E-state index in [9.17, 15) is 14.4 Å². The van der Waals surface area contributed by atoms with Gasteiger partial charge in [0, 0.05) is 19.3 Å². The van der Waals surface area contributed by atoms with Gasteiger partial charge in [0.05, 0.1) is 0 Å². The van der Waals surface area contributed by atoms with Crippen LogP contribution < -0.4 is 0 Å². The molecule has 1 atom stereocenters. The lowest BCUT2D eigenvalue weighted by molar-refractivity contribution is -0.166. The first-order valence-electron chi connectivity index (χ1n) is 24.3. The number of unbranched alkanes of at least 4 members (excludes halogenated alkanes) is 13. The Morgan fingerprint density at radius 1 is 0.355 bits per heavy atom. The molecule has 0 rings (SSSR count). The van der Waals surface area contributed by atoms with Crippen LogP contribution in [0.5, 0.6) is 0 Å². The van der Waals surface area contributed by atoms with E-state index in [4.69, 9.17) is 14.2 Å². The minimum absolute atomic E-state index is 0.126. The van der Waals surface area contributed by atoms with Crippen molar-refractivity contribution in [2.45, 2.75) is 187 Å². The number of esters is 3. The second-order valence-corrected chi connectivity index (χ2v) is 15.4. The van der Waals surface area contributed by atoms with E-state index in [1.54, 1.807) is 0 Å². The Morgan fingerprint density at radius 2 is 0.742 bits per heavy atom. The van der Waals surface area contributed by atoms with Crippen LogP contribution in [0.15, 0.2) is 134 Å². The van der Waals surface area contributed by atoms with Crippen molar-refractivity contribution in [2.24, 2.45) is 0 Å². The van der Waals surface area contributed by atoms with Crippen molar-refractivity contribution in [1.82, 2.24) is 0 Å². The molecule has 0 amide bonds. The predicted octanol–water partition coefficient (Wildman–Crippen LogP) is 15.9. The summed E-state index contributed by atoms with van der Waals surface area (Å²) in [7, 11) is 0. The average Bonchev–Trinajstić information content (AvgIpc) is 3.27. The third-order valence-electron chi connectivity index (χ3n) is 9.58. The first-order valence-corrected chi connectivity index (χ1v) is 24.3. The molecular weight excluding hydrogens is 769 g/mol. The predicted molar refractivity (Wildman–Crippen MR) is 265 cm³/mol. The zero-order valence-corrected chi connectivity index (χ0v) is 39.3. The molecular formula is C56H86O6. The molecule has 6 heteroatoms. The van der Waals surface area contributed by atoms with Crippen molar-refractivity contribution in [3.8, 4) is 0 Å². The van der Waals surface area contributed by atoms with Crippen LogP contribution in [0.1, 0.15) is 181 Å². The second kappa shape index (κ2) is 49.2. The molecule has 346 valence electrons. The first-order chi connectivity index (χ1) is 30.5. The normalized spacial score (nSPS) is 13.3. The van der Waals surface area contributed by atoms with Gasteiger partial charge in [-0.1, -0.05) is 225 Å². The minimum Gasteiger partial charge on any atom is -0.462 e. The molecule has 0 saturated carbocycles. The Bertz CT molecular complexity index is 1400. The van der Waals surface area contributed by atoms with Gasteiger partial charge in [0.25, 0.3) is 0 Å². The summed E-state index contributed by atoms with van der Waals surface area (Å²) in [4.78, 5) is 37.8. The zero-order chi connectivity index (χ0) is 45.1. The van der Waals surface area contributed by atoms with Gasteiger partial charge in [0.1, 0.15) is 13.2 Å². The van der Waals surface area contributed by atoms with Crippen LogP contribution in [0.2, 0.25) is 0 Å². The lowest BCUT2D eigenvalue weighted by atomic mass is 10.1. The lowest BCUT2D eigenvalue weighted by Crippen LogP contribution is -2.30. The molecule has 6 nitrogen and oxygen atoms in total. The molecule has 0 aromatic carbocycles. The van der Waals surface area contributed by atoms with Crippen LogP contribution in [0, 0.1) is 0 Å². The Hall–Kier alpha value is -4.45. The van der Waals surface area contributed by atoms with Crippen molar-refractivity contribution >= 4 is 17.9 Å². The average molecular weight is 855 g/mol. The number of rotatable bonds is 41. The molecule has 0 aromatic rings. The maximum Gasteiger partial charge on any atom is 0.306 e. The van der Waals surface area contributed by atoms with Gasteiger partial charge in [0.15, 0.2) is 6.10 Å². The van der Waals surface area contributed by atoms with Crippen molar-refractivity contribution in [1.29, 1.82) is 0 Å². The van der Waals surface area contributed by atoms with Crippen LogP contribution in [0.25, 0.3) is 0 Å². The van der Waals surface area contributed by atoms with Gasteiger partial charge in [0.2, 0.25) is 0 Å². The highest BCUT2D eigenvalue weighted by molar-refractivity contribution is 5.71. The van der Waals surface area contributed by atoms with Crippen molar-refractivity contribution in [3.05, 3.63) is 134 Å². The molecule has 1 unspecified atom stereocenters. The number of carbonyl (C=O) groups excluding carboxylic acids is 3. The highest BCUT2D eigenvalue weighted by Crippen LogP contribution is 2.13. The monoisotopic (exact) mass is 855 g/mol. The lowest BCUT2D eigenvalue weighted by Gasteiger charge is -2.18. The Labute approximate surface area is 379 Å². The summed E-state index contributed by atoms with van der Waals surface area (Å²) in [6.45, 7) is 6.24. The molecule has 0 N–H and O–H groups in total. The standard InChI is InChI=1S/C56H86O6/c1-4-7-10-13-16-19-22-24-26-28-30-31-34-37-40-43-46-49-55(58)61-52-53(51-60-54(57)48-45-42-39-36-33-21-18-15-12-9-6-3)62-56(59)50-47-44-41-38-35-32-29-27-25-23-20-17-14-11-8-5-2/h7-8,10-11,13,16-17,19-20,22,24-28,30-32,34-35,41,44,53H,4-6,9,12,14-15,18,21,23,29,33,36-40,42-43,45-52H2,1-3H3/b10-7-,11-8-,16-13-,20-17-,22-19-,26-24-,27-25-,30-28+,34-31-,35-32-,44-41-. The highest BCUT2D eigenvalue weighted by Gasteiger charge is 2.19. The Morgan fingerprint density at radius 3 is 1.21 bits per heavy atom. The minimum atomic E-state index is -0.838. The van der Waals surface area contributed by atoms with E-state index in [0.29, 0.717) is 19.3 Å². The molecule has 62 heavy (non-hydrogen) atoms. The third-order valence-corrected chi connectivity index (χ3v) is 9.58. The summed E-state index contributed by atoms with van der Waals surface area (Å²) >= 11 is 0. The van der Waals surface area contributed by atoms with Crippen LogP contribution in [-0.2, 0) is 28.6 Å². The van der Waals surface area contributed by atoms with Crippen LogP contribution in [0.3, 0.4) is 0 Å². The number of ether oxygens (including phenoxy) is 3. The van der Waals surface area contributed by atoms with Crippen LogP contribution in [0.4, 0.5) is 0 Å². The van der Waals surface area contributed by atoms with Crippen LogP contribution in [-0.4, -0.2) is 37.2 Å². The second-order valence-electron chi connectivity index (χ2n) is 15.4. The van der Waals surface area contributed by atoms with E-state index < -0.39 is 12.1 Å². The van der Waals surface area contributed by atoms with Gasteiger partial charge in [-0.15, -0.1) is 0 Å². The van der Waals surface area contributed by atoms with E-state index in [2.05, 4.69) is 81.5 Å². The maximum absolute atomic E-state index is 12.7. The Balaban J connectivity index is 4.62. The number of hydrogen-bond acceptors (Lipinski definition) is 6. The molecule has 0 aromatic heterocycles. The third kappa shape index (κ3) is 46.6. The van der Waals surface area contributed by atoms with Gasteiger partial charge in [-0.05, 0) is 70.6 Å². The summed E-state index contributed by atoms with van der Waals surface area (Å²) < 4.78 is 16.6. The molecule has 0 spiro atoms. The van der Waals surface area contributed by atoms with E-state index in [-0.39, 0.29) is 38.0 Å². The van der Waals surface area contributed by atoms with E-state index >= 15 is 0 Å². The fourth-order valence-corrected chi connectivity index (χ4v) is 5.99. The van der Waals surface area contributed by atoms with Gasteiger partial charge >= 0.3 is 17.9 Å². The van der Waals surface area contributed by atoms with E-state index in [1.165, 1.54) is 51.4 Å². The van der Waals surface area contributed by atoms with E-state index in [0.717, 1.165) is 77.0 Å². The SMILES string of the molecule is CC\C=C/C=C\C=C/C=C\C=C\C=C/CCCCCC(=O)OCC(COC(=O)CCCCCCCCCCCCC)OC(=O)CC/C=C\C/C=C\C/C=C\C/C=C\C/C=C\CC. The van der Waals surface area contributed by atoms with Gasteiger partial charge in [-0.3, -0.25) is 14.4 Å². The van der Waals surface area contributed by atoms with Crippen molar-refractivity contribution in [3.63, 3.8) is 0 Å². The van der Waals surface area contributed by atoms with Gasteiger partial charge < -0.3 is 14.2 Å². The molecule has 0 radical (unpaired) electrons. The number of allylic oxidation sites excluding steroid dienone is 22. The van der Waals surface area contributed by atoms with Gasteiger partial charge in [-0.2, -0.15) is 0 Å². The van der Waals surface area contributed by atoms with Crippen molar-refractivity contribution in [2.75, 3.05) is 13.2 Å². The number of hydrogen-bond donors (Lipinski definition) is 0. The molecule has 0 saturated heterocycles. The fraction of sp³-hybridized carbons (Fsp3) is 0.554. The molecule has 0 aliphatic carbocycles.